The van der Waals surface area contributed by atoms with Crippen LogP contribution in [0.25, 0.3) is 0 Å². The van der Waals surface area contributed by atoms with Crippen LogP contribution in [0, 0.1) is 5.82 Å². The first kappa shape index (κ1) is 18.1. The fraction of sp³-hybridized carbons (Fsp3) is 0.400. The number of sulfonamides is 1. The van der Waals surface area contributed by atoms with Gasteiger partial charge in [-0.1, -0.05) is 0 Å². The second-order valence-corrected chi connectivity index (χ2v) is 6.75. The third-order valence-electron chi connectivity index (χ3n) is 2.34. The molecule has 120 valence electrons. The van der Waals surface area contributed by atoms with E-state index in [1.54, 1.807) is 0 Å². The molecule has 0 aliphatic heterocycles. The molecule has 0 aliphatic carbocycles. The molecule has 0 atom stereocenters. The predicted octanol–water partition coefficient (Wildman–Crippen LogP) is 1.72. The molecule has 0 spiro atoms. The molecule has 21 heavy (non-hydrogen) atoms. The number of rotatable bonds is 5. The fourth-order valence-corrected chi connectivity index (χ4v) is 3.65. The highest BCUT2D eigenvalue weighted by atomic mass is 79.9. The van der Waals surface area contributed by atoms with Crippen molar-refractivity contribution in [2.45, 2.75) is 11.1 Å². The van der Waals surface area contributed by atoms with E-state index in [1.807, 2.05) is 0 Å². The van der Waals surface area contributed by atoms with Crippen LogP contribution < -0.4 is 5.73 Å². The molecule has 0 fully saturated rings. The van der Waals surface area contributed by atoms with E-state index in [0.717, 1.165) is 12.1 Å². The summed E-state index contributed by atoms with van der Waals surface area (Å²) in [7, 11) is -4.80. The van der Waals surface area contributed by atoms with Gasteiger partial charge in [0.05, 0.1) is 11.1 Å². The molecule has 0 aliphatic rings. The maximum atomic E-state index is 13.9. The zero-order valence-corrected chi connectivity index (χ0v) is 12.8. The highest BCUT2D eigenvalue weighted by Crippen LogP contribution is 2.29. The van der Waals surface area contributed by atoms with Crippen molar-refractivity contribution < 1.29 is 31.1 Å². The van der Waals surface area contributed by atoms with Crippen LogP contribution in [-0.4, -0.2) is 43.7 Å². The number of benzene rings is 1. The summed E-state index contributed by atoms with van der Waals surface area (Å²) < 4.78 is 75.0. The normalized spacial score (nSPS) is 12.9. The minimum atomic E-state index is -4.84. The van der Waals surface area contributed by atoms with Crippen LogP contribution in [0.5, 0.6) is 0 Å². The number of aliphatic hydroxyl groups is 1. The van der Waals surface area contributed by atoms with E-state index in [0.29, 0.717) is 0 Å². The summed E-state index contributed by atoms with van der Waals surface area (Å²) >= 11 is 2.73. The van der Waals surface area contributed by atoms with Crippen LogP contribution in [0.3, 0.4) is 0 Å². The Labute approximate surface area is 126 Å². The Kier molecular flexibility index (Phi) is 5.58. The van der Waals surface area contributed by atoms with Crippen LogP contribution in [0.2, 0.25) is 0 Å². The van der Waals surface area contributed by atoms with Gasteiger partial charge in [0.15, 0.2) is 5.82 Å². The molecule has 3 N–H and O–H groups in total. The number of nitrogen functional groups attached to an aromatic ring is 1. The van der Waals surface area contributed by atoms with Gasteiger partial charge in [-0.15, -0.1) is 0 Å². The van der Waals surface area contributed by atoms with E-state index in [1.165, 1.54) is 0 Å². The minimum absolute atomic E-state index is 0.0582. The first-order valence-corrected chi connectivity index (χ1v) is 7.64. The number of hydrogen-bond donors (Lipinski definition) is 2. The van der Waals surface area contributed by atoms with E-state index in [2.05, 4.69) is 15.9 Å². The van der Waals surface area contributed by atoms with Crippen molar-refractivity contribution in [2.24, 2.45) is 0 Å². The van der Waals surface area contributed by atoms with Gasteiger partial charge in [-0.3, -0.25) is 0 Å². The zero-order valence-electron chi connectivity index (χ0n) is 10.4. The van der Waals surface area contributed by atoms with Gasteiger partial charge in [0.2, 0.25) is 10.0 Å². The van der Waals surface area contributed by atoms with E-state index in [-0.39, 0.29) is 14.5 Å². The van der Waals surface area contributed by atoms with Crippen LogP contribution in [0.4, 0.5) is 23.2 Å². The van der Waals surface area contributed by atoms with Crippen molar-refractivity contribution in [3.8, 4) is 0 Å². The summed E-state index contributed by atoms with van der Waals surface area (Å²) in [4.78, 5) is -0.993. The molecule has 0 saturated carbocycles. The maximum absolute atomic E-state index is 13.9. The molecule has 0 unspecified atom stereocenters. The lowest BCUT2D eigenvalue weighted by atomic mass is 10.3. The Hall–Kier alpha value is -0.910. The largest absolute Gasteiger partial charge is 0.402 e. The van der Waals surface area contributed by atoms with Crippen molar-refractivity contribution in [1.29, 1.82) is 0 Å². The first-order chi connectivity index (χ1) is 9.49. The average Bonchev–Trinajstić information content (AvgIpc) is 2.31. The molecule has 5 nitrogen and oxygen atoms in total. The SMILES string of the molecule is Nc1cc(Br)c(F)c(S(=O)(=O)N(CCO)CC(F)(F)F)c1. The van der Waals surface area contributed by atoms with Gasteiger partial charge in [0.25, 0.3) is 0 Å². The summed E-state index contributed by atoms with van der Waals surface area (Å²) in [5, 5.41) is 8.72. The molecule has 0 bridgehead atoms. The van der Waals surface area contributed by atoms with Crippen LogP contribution in [-0.2, 0) is 10.0 Å². The molecule has 0 aromatic heterocycles. The molecule has 1 rings (SSSR count). The van der Waals surface area contributed by atoms with Crippen LogP contribution in [0.1, 0.15) is 0 Å². The third-order valence-corrected chi connectivity index (χ3v) is 4.76. The second kappa shape index (κ2) is 6.46. The lowest BCUT2D eigenvalue weighted by Gasteiger charge is -2.23. The van der Waals surface area contributed by atoms with Gasteiger partial charge in [-0.25, -0.2) is 12.8 Å². The molecule has 0 radical (unpaired) electrons. The van der Waals surface area contributed by atoms with E-state index in [4.69, 9.17) is 10.8 Å². The lowest BCUT2D eigenvalue weighted by Crippen LogP contribution is -2.41. The summed E-state index contributed by atoms with van der Waals surface area (Å²) in [6.45, 7) is -3.52. The summed E-state index contributed by atoms with van der Waals surface area (Å²) in [6, 6.07) is 1.80. The number of halogens is 5. The lowest BCUT2D eigenvalue weighted by molar-refractivity contribution is -0.136. The van der Waals surface area contributed by atoms with Gasteiger partial charge < -0.3 is 10.8 Å². The smallest absolute Gasteiger partial charge is 0.399 e. The maximum Gasteiger partial charge on any atom is 0.402 e. The summed E-state index contributed by atoms with van der Waals surface area (Å²) in [5.74, 6) is -1.26. The molecule has 0 heterocycles. The Morgan fingerprint density at radius 3 is 2.38 bits per heavy atom. The number of aliphatic hydroxyl groups excluding tert-OH is 1. The van der Waals surface area contributed by atoms with Crippen molar-refractivity contribution in [2.75, 3.05) is 25.4 Å². The minimum Gasteiger partial charge on any atom is -0.399 e. The van der Waals surface area contributed by atoms with Gasteiger partial charge >= 0.3 is 6.18 Å². The molecule has 11 heteroatoms. The third kappa shape index (κ3) is 4.53. The zero-order chi connectivity index (χ0) is 16.4. The topological polar surface area (TPSA) is 83.6 Å². The second-order valence-electron chi connectivity index (χ2n) is 3.99. The van der Waals surface area contributed by atoms with Gasteiger partial charge in [-0.05, 0) is 28.1 Å². The van der Waals surface area contributed by atoms with Gasteiger partial charge in [0, 0.05) is 12.2 Å². The predicted molar refractivity (Wildman–Crippen MR) is 70.4 cm³/mol. The van der Waals surface area contributed by atoms with Gasteiger partial charge in [-0.2, -0.15) is 17.5 Å². The number of nitrogens with zero attached hydrogens (tertiary/aromatic N) is 1. The quantitative estimate of drug-likeness (QED) is 0.588. The Balaban J connectivity index is 3.36. The highest BCUT2D eigenvalue weighted by molar-refractivity contribution is 9.10. The van der Waals surface area contributed by atoms with Crippen molar-refractivity contribution >= 4 is 31.6 Å². The first-order valence-electron chi connectivity index (χ1n) is 5.41. The Morgan fingerprint density at radius 1 is 1.33 bits per heavy atom. The monoisotopic (exact) mass is 394 g/mol. The summed E-state index contributed by atoms with van der Waals surface area (Å²) in [5.41, 5.74) is 5.23. The van der Waals surface area contributed by atoms with E-state index >= 15 is 0 Å². The molecular formula is C10H11BrF4N2O3S. The average molecular weight is 395 g/mol. The molecule has 1 aromatic rings. The van der Waals surface area contributed by atoms with E-state index < -0.39 is 46.6 Å². The fourth-order valence-electron chi connectivity index (χ4n) is 1.51. The standard InChI is InChI=1S/C10H11BrF4N2O3S/c11-7-3-6(16)4-8(9(7)12)21(19,20)17(1-2-18)5-10(13,14)15/h3-4,18H,1-2,5,16H2. The summed E-state index contributed by atoms with van der Waals surface area (Å²) in [6.07, 6.45) is -4.84. The number of anilines is 1. The van der Waals surface area contributed by atoms with Crippen molar-refractivity contribution in [3.05, 3.63) is 22.4 Å². The molecular weight excluding hydrogens is 384 g/mol. The number of hydrogen-bond acceptors (Lipinski definition) is 4. The van der Waals surface area contributed by atoms with Crippen LogP contribution in [0.15, 0.2) is 21.5 Å². The number of alkyl halides is 3. The Bertz CT molecular complexity index is 621. The van der Waals surface area contributed by atoms with Crippen molar-refractivity contribution in [1.82, 2.24) is 4.31 Å². The highest BCUT2D eigenvalue weighted by Gasteiger charge is 2.38. The van der Waals surface area contributed by atoms with Crippen LogP contribution >= 0.6 is 15.9 Å². The molecule has 0 amide bonds. The Morgan fingerprint density at radius 2 is 1.90 bits per heavy atom. The van der Waals surface area contributed by atoms with Gasteiger partial charge in [0.1, 0.15) is 11.4 Å². The van der Waals surface area contributed by atoms with Crippen molar-refractivity contribution in [3.63, 3.8) is 0 Å². The molecule has 0 saturated heterocycles. The van der Waals surface area contributed by atoms with E-state index in [9.17, 15) is 26.0 Å². The number of nitrogens with two attached hydrogens (primary N) is 1. The molecule has 1 aromatic carbocycles.